The van der Waals surface area contributed by atoms with E-state index in [0.717, 1.165) is 0 Å². The summed E-state index contributed by atoms with van der Waals surface area (Å²) in [5.41, 5.74) is 0.635. The fourth-order valence-corrected chi connectivity index (χ4v) is 1.21. The van der Waals surface area contributed by atoms with Crippen LogP contribution < -0.4 is 5.46 Å². The van der Waals surface area contributed by atoms with Crippen LogP contribution in [0, 0.1) is 0 Å². The second-order valence-electron chi connectivity index (χ2n) is 4.54. The summed E-state index contributed by atoms with van der Waals surface area (Å²) < 4.78 is 9.97. The zero-order chi connectivity index (χ0) is 12.9. The predicted molar refractivity (Wildman–Crippen MR) is 65.2 cm³/mol. The van der Waals surface area contributed by atoms with Gasteiger partial charge in [-0.2, -0.15) is 0 Å². The molecule has 0 aliphatic carbocycles. The van der Waals surface area contributed by atoms with Crippen molar-refractivity contribution in [3.05, 3.63) is 29.8 Å². The molecule has 0 amide bonds. The van der Waals surface area contributed by atoms with Crippen LogP contribution in [0.3, 0.4) is 0 Å². The molecule has 1 rings (SSSR count). The average Bonchev–Trinajstić information content (AvgIpc) is 2.24. The highest BCUT2D eigenvalue weighted by Crippen LogP contribution is 2.11. The Hall–Kier alpha value is -1.33. The number of aliphatic hydroxyl groups is 1. The molecule has 0 bridgehead atoms. The number of carbonyl (C=O) groups is 1. The normalized spacial score (nSPS) is 11.1. The van der Waals surface area contributed by atoms with Gasteiger partial charge in [0.2, 0.25) is 0 Å². The molecule has 0 atom stereocenters. The Morgan fingerprint density at radius 3 is 2.71 bits per heavy atom. The third-order valence-corrected chi connectivity index (χ3v) is 1.82. The number of carbonyl (C=O) groups excluding carboxylic acids is 1. The van der Waals surface area contributed by atoms with Gasteiger partial charge >= 0.3 is 13.5 Å². The summed E-state index contributed by atoms with van der Waals surface area (Å²) in [6.07, 6.45) is 0. The molecule has 0 aliphatic heterocycles. The van der Waals surface area contributed by atoms with Gasteiger partial charge in [-0.15, -0.1) is 0 Å². The van der Waals surface area contributed by atoms with Crippen LogP contribution in [0.25, 0.3) is 0 Å². The largest absolute Gasteiger partial charge is 0.456 e. The summed E-state index contributed by atoms with van der Waals surface area (Å²) >= 11 is 0. The Morgan fingerprint density at radius 2 is 2.12 bits per heavy atom. The fraction of sp³-hybridized carbons (Fsp3) is 0.417. The molecule has 1 radical (unpaired) electrons. The lowest BCUT2D eigenvalue weighted by Crippen LogP contribution is -2.25. The van der Waals surface area contributed by atoms with Gasteiger partial charge in [-0.05, 0) is 26.8 Å². The van der Waals surface area contributed by atoms with Gasteiger partial charge in [-0.1, -0.05) is 23.7 Å². The van der Waals surface area contributed by atoms with Crippen LogP contribution in [0.5, 0.6) is 0 Å². The molecule has 0 saturated carbocycles. The molecule has 0 spiro atoms. The van der Waals surface area contributed by atoms with Gasteiger partial charge in [0.1, 0.15) is 12.4 Å². The molecule has 1 N–H and O–H groups in total. The smallest absolute Gasteiger partial charge is 0.338 e. The average molecular weight is 235 g/mol. The molecule has 0 fully saturated rings. The summed E-state index contributed by atoms with van der Waals surface area (Å²) in [6, 6.07) is 6.81. The Morgan fingerprint density at radius 1 is 1.41 bits per heavy atom. The monoisotopic (exact) mass is 235 g/mol. The van der Waals surface area contributed by atoms with Crippen molar-refractivity contribution in [1.82, 2.24) is 0 Å². The van der Waals surface area contributed by atoms with Crippen LogP contribution in [0.2, 0.25) is 0 Å². The second-order valence-corrected chi connectivity index (χ2v) is 4.54. The predicted octanol–water partition coefficient (Wildman–Crippen LogP) is 0.853. The Balaban J connectivity index is 2.74. The molecular weight excluding hydrogens is 219 g/mol. The van der Waals surface area contributed by atoms with E-state index in [-0.39, 0.29) is 5.97 Å². The van der Waals surface area contributed by atoms with Crippen LogP contribution in [0.15, 0.2) is 24.3 Å². The van der Waals surface area contributed by atoms with Gasteiger partial charge in [-0.3, -0.25) is 0 Å². The first kappa shape index (κ1) is 13.7. The topological polar surface area (TPSA) is 55.8 Å². The summed E-state index contributed by atoms with van der Waals surface area (Å²) in [4.78, 5) is 11.8. The van der Waals surface area contributed by atoms with Gasteiger partial charge in [0, 0.05) is 0 Å². The lowest BCUT2D eigenvalue weighted by atomic mass is 9.87. The lowest BCUT2D eigenvalue weighted by Gasteiger charge is -2.19. The van der Waals surface area contributed by atoms with Crippen LogP contribution >= 0.6 is 0 Å². The summed E-state index contributed by atoms with van der Waals surface area (Å²) in [7, 11) is 1.38. The van der Waals surface area contributed by atoms with Crippen molar-refractivity contribution in [1.29, 1.82) is 0 Å². The van der Waals surface area contributed by atoms with Crippen molar-refractivity contribution in [2.45, 2.75) is 26.4 Å². The Kier molecular flexibility index (Phi) is 4.72. The van der Waals surface area contributed by atoms with E-state index < -0.39 is 12.4 Å². The minimum Gasteiger partial charge on any atom is -0.456 e. The first-order valence-electron chi connectivity index (χ1n) is 5.31. The van der Waals surface area contributed by atoms with Crippen molar-refractivity contribution in [3.63, 3.8) is 0 Å². The molecular formula is C12H16BO4. The maximum atomic E-state index is 11.8. The first-order chi connectivity index (χ1) is 7.92. The highest BCUT2D eigenvalue weighted by molar-refractivity contribution is 6.47. The number of hydrogen-bond donors (Lipinski definition) is 1. The van der Waals surface area contributed by atoms with E-state index >= 15 is 0 Å². The van der Waals surface area contributed by atoms with Gasteiger partial charge in [0.25, 0.3) is 0 Å². The van der Waals surface area contributed by atoms with Crippen LogP contribution in [0.1, 0.15) is 31.1 Å². The van der Waals surface area contributed by atoms with Crippen LogP contribution in [-0.2, 0) is 9.39 Å². The fourth-order valence-electron chi connectivity index (χ4n) is 1.21. The number of esters is 1. The van der Waals surface area contributed by atoms with Gasteiger partial charge in [0.15, 0.2) is 0 Å². The Labute approximate surface area is 102 Å². The molecule has 0 aromatic heterocycles. The van der Waals surface area contributed by atoms with Gasteiger partial charge in [0.05, 0.1) is 5.56 Å². The summed E-state index contributed by atoms with van der Waals surface area (Å²) in [5, 5.41) is 8.51. The van der Waals surface area contributed by atoms with Crippen molar-refractivity contribution in [2.24, 2.45) is 0 Å². The number of rotatable bonds is 4. The highest BCUT2D eigenvalue weighted by atomic mass is 16.6. The van der Waals surface area contributed by atoms with Crippen molar-refractivity contribution in [2.75, 3.05) is 6.79 Å². The van der Waals surface area contributed by atoms with Crippen molar-refractivity contribution in [3.8, 4) is 0 Å². The van der Waals surface area contributed by atoms with E-state index in [2.05, 4.69) is 0 Å². The van der Waals surface area contributed by atoms with E-state index in [1.807, 2.05) is 20.8 Å². The molecule has 1 aromatic carbocycles. The maximum Gasteiger partial charge on any atom is 0.338 e. The zero-order valence-corrected chi connectivity index (χ0v) is 10.3. The van der Waals surface area contributed by atoms with E-state index in [1.165, 1.54) is 7.48 Å². The minimum atomic E-state index is -0.515. The van der Waals surface area contributed by atoms with Crippen molar-refractivity contribution >= 4 is 18.9 Å². The van der Waals surface area contributed by atoms with Gasteiger partial charge in [-0.25, -0.2) is 4.79 Å². The van der Waals surface area contributed by atoms with E-state index in [4.69, 9.17) is 14.5 Å². The van der Waals surface area contributed by atoms with E-state index in [1.54, 1.807) is 24.3 Å². The molecule has 1 aromatic rings. The van der Waals surface area contributed by atoms with Crippen LogP contribution in [0.4, 0.5) is 0 Å². The van der Waals surface area contributed by atoms with E-state index in [0.29, 0.717) is 11.0 Å². The summed E-state index contributed by atoms with van der Waals surface area (Å²) in [5.74, 6) is -0.378. The second kappa shape index (κ2) is 5.84. The van der Waals surface area contributed by atoms with Gasteiger partial charge < -0.3 is 14.5 Å². The SMILES string of the molecule is CC(C)(C)OC(=O)c1cccc([B]OCO)c1. The zero-order valence-electron chi connectivity index (χ0n) is 10.3. The number of hydrogen-bond acceptors (Lipinski definition) is 4. The third kappa shape index (κ3) is 5.02. The number of benzene rings is 1. The Bertz CT molecular complexity index is 384. The standard InChI is InChI=1S/C12H16BO4/c1-12(2,3)17-11(15)9-5-4-6-10(7-9)13-16-8-14/h4-7,14H,8H2,1-3H3. The highest BCUT2D eigenvalue weighted by Gasteiger charge is 2.17. The molecule has 0 saturated heterocycles. The molecule has 5 heteroatoms. The third-order valence-electron chi connectivity index (χ3n) is 1.82. The molecule has 17 heavy (non-hydrogen) atoms. The summed E-state index contributed by atoms with van der Waals surface area (Å²) in [6.45, 7) is 5.05. The molecule has 91 valence electrons. The quantitative estimate of drug-likeness (QED) is 0.477. The van der Waals surface area contributed by atoms with E-state index in [9.17, 15) is 4.79 Å². The number of ether oxygens (including phenoxy) is 1. The molecule has 0 aliphatic rings. The van der Waals surface area contributed by atoms with Crippen molar-refractivity contribution < 1.29 is 19.3 Å². The van der Waals surface area contributed by atoms with Crippen LogP contribution in [-0.4, -0.2) is 31.0 Å². The maximum absolute atomic E-state index is 11.8. The molecule has 0 unspecified atom stereocenters. The first-order valence-corrected chi connectivity index (χ1v) is 5.31. The molecule has 0 heterocycles. The lowest BCUT2D eigenvalue weighted by molar-refractivity contribution is 0.00696. The minimum absolute atomic E-state index is 0.378. The number of aliphatic hydroxyl groups excluding tert-OH is 1. The molecule has 4 nitrogen and oxygen atoms in total.